The van der Waals surface area contributed by atoms with Gasteiger partial charge in [-0.05, 0) is 13.1 Å². The molecule has 0 aromatic heterocycles. The molecule has 1 N–H and O–H groups in total. The van der Waals surface area contributed by atoms with Gasteiger partial charge in [-0.2, -0.15) is 8.78 Å². The van der Waals surface area contributed by atoms with E-state index in [-0.39, 0.29) is 13.5 Å². The van der Waals surface area contributed by atoms with Crippen molar-refractivity contribution in [2.45, 2.75) is 45.1 Å². The van der Waals surface area contributed by atoms with E-state index >= 15 is 0 Å². The second-order valence-corrected chi connectivity index (χ2v) is 3.94. The molecule has 0 aliphatic rings. The minimum atomic E-state index is -4.17. The summed E-state index contributed by atoms with van der Waals surface area (Å²) in [5.41, 5.74) is 0. The minimum Gasteiger partial charge on any atom is -0.392 e. The van der Waals surface area contributed by atoms with Gasteiger partial charge in [0.2, 0.25) is 0 Å². The second-order valence-electron chi connectivity index (χ2n) is 3.94. The lowest BCUT2D eigenvalue weighted by atomic mass is 10.1. The van der Waals surface area contributed by atoms with E-state index in [4.69, 9.17) is 0 Å². The Kier molecular flexibility index (Phi) is 5.69. The zero-order chi connectivity index (χ0) is 13.0. The molecule has 0 aliphatic heterocycles. The number of likely N-dealkylation sites (N-methyl/N-ethyl adjacent to an activating group) is 1. The van der Waals surface area contributed by atoms with Gasteiger partial charge >= 0.3 is 11.8 Å². The van der Waals surface area contributed by atoms with Crippen LogP contribution in [0.25, 0.3) is 0 Å². The molecule has 1 unspecified atom stereocenters. The summed E-state index contributed by atoms with van der Waals surface area (Å²) >= 11 is 0. The van der Waals surface area contributed by atoms with Gasteiger partial charge in [0.15, 0.2) is 0 Å². The number of hydrogen-bond donors (Lipinski definition) is 1. The van der Waals surface area contributed by atoms with Crippen molar-refractivity contribution >= 4 is 0 Å². The Balaban J connectivity index is 4.28. The molecular formula is C10H19F4NO. The van der Waals surface area contributed by atoms with E-state index in [1.165, 1.54) is 0 Å². The Morgan fingerprint density at radius 2 is 1.56 bits per heavy atom. The maximum absolute atomic E-state index is 12.9. The Hall–Kier alpha value is -0.360. The van der Waals surface area contributed by atoms with Crippen LogP contribution in [0.5, 0.6) is 0 Å². The lowest BCUT2D eigenvalue weighted by Gasteiger charge is -2.28. The smallest absolute Gasteiger partial charge is 0.312 e. The van der Waals surface area contributed by atoms with Crippen molar-refractivity contribution in [1.29, 1.82) is 0 Å². The molecule has 0 amide bonds. The Labute approximate surface area is 93.2 Å². The maximum Gasteiger partial charge on any atom is 0.312 e. The highest BCUT2D eigenvalue weighted by Gasteiger charge is 2.52. The molecule has 16 heavy (non-hydrogen) atoms. The van der Waals surface area contributed by atoms with Gasteiger partial charge < -0.3 is 10.0 Å². The van der Waals surface area contributed by atoms with E-state index in [9.17, 15) is 22.7 Å². The lowest BCUT2D eigenvalue weighted by Crippen LogP contribution is -2.43. The van der Waals surface area contributed by atoms with Gasteiger partial charge in [-0.1, -0.05) is 13.8 Å². The molecule has 0 saturated carbocycles. The van der Waals surface area contributed by atoms with Gasteiger partial charge in [0.05, 0.1) is 6.10 Å². The molecule has 0 radical (unpaired) electrons. The van der Waals surface area contributed by atoms with Crippen molar-refractivity contribution in [1.82, 2.24) is 4.90 Å². The highest BCUT2D eigenvalue weighted by Crippen LogP contribution is 2.37. The van der Waals surface area contributed by atoms with Gasteiger partial charge in [-0.25, -0.2) is 8.78 Å². The normalized spacial score (nSPS) is 15.6. The van der Waals surface area contributed by atoms with Crippen molar-refractivity contribution in [3.63, 3.8) is 0 Å². The molecule has 0 heterocycles. The zero-order valence-electron chi connectivity index (χ0n) is 9.81. The van der Waals surface area contributed by atoms with Gasteiger partial charge in [-0.15, -0.1) is 0 Å². The first-order valence-electron chi connectivity index (χ1n) is 5.30. The molecule has 6 heteroatoms. The van der Waals surface area contributed by atoms with Crippen molar-refractivity contribution in [2.24, 2.45) is 0 Å². The quantitative estimate of drug-likeness (QED) is 0.696. The fourth-order valence-electron chi connectivity index (χ4n) is 1.32. The zero-order valence-corrected chi connectivity index (χ0v) is 9.81. The number of nitrogens with zero attached hydrogens (tertiary/aromatic N) is 1. The van der Waals surface area contributed by atoms with Gasteiger partial charge in [-0.3, -0.25) is 0 Å². The first-order chi connectivity index (χ1) is 7.14. The highest BCUT2D eigenvalue weighted by atomic mass is 19.3. The van der Waals surface area contributed by atoms with Crippen molar-refractivity contribution < 1.29 is 22.7 Å². The van der Waals surface area contributed by atoms with Gasteiger partial charge in [0, 0.05) is 19.9 Å². The summed E-state index contributed by atoms with van der Waals surface area (Å²) in [5.74, 6) is -8.27. The van der Waals surface area contributed by atoms with Crippen LogP contribution in [-0.4, -0.2) is 47.6 Å². The number of alkyl halides is 4. The average Bonchev–Trinajstić information content (AvgIpc) is 2.11. The number of aliphatic hydroxyl groups excluding tert-OH is 1. The molecule has 0 saturated heterocycles. The Morgan fingerprint density at radius 3 is 1.88 bits per heavy atom. The van der Waals surface area contributed by atoms with Crippen LogP contribution in [0, 0.1) is 0 Å². The topological polar surface area (TPSA) is 23.5 Å². The predicted molar refractivity (Wildman–Crippen MR) is 54.0 cm³/mol. The third-order valence-electron chi connectivity index (χ3n) is 2.50. The van der Waals surface area contributed by atoms with Crippen LogP contribution >= 0.6 is 0 Å². The SMILES string of the molecule is CCN(CC)CC(O)CC(F)(F)C(C)(F)F. The molecule has 0 fully saturated rings. The Bertz CT molecular complexity index is 201. The molecule has 98 valence electrons. The first kappa shape index (κ1) is 15.6. The van der Waals surface area contributed by atoms with Crippen LogP contribution in [0.2, 0.25) is 0 Å². The third-order valence-corrected chi connectivity index (χ3v) is 2.50. The van der Waals surface area contributed by atoms with Gasteiger partial charge in [0.25, 0.3) is 0 Å². The van der Waals surface area contributed by atoms with Crippen LogP contribution in [0.4, 0.5) is 17.6 Å². The molecule has 0 aromatic carbocycles. The Morgan fingerprint density at radius 1 is 1.12 bits per heavy atom. The second kappa shape index (κ2) is 5.82. The fraction of sp³-hybridized carbons (Fsp3) is 1.00. The van der Waals surface area contributed by atoms with Crippen LogP contribution in [0.3, 0.4) is 0 Å². The van der Waals surface area contributed by atoms with Crippen LogP contribution < -0.4 is 0 Å². The van der Waals surface area contributed by atoms with Crippen LogP contribution in [0.1, 0.15) is 27.2 Å². The number of halogens is 4. The summed E-state index contributed by atoms with van der Waals surface area (Å²) in [6, 6.07) is 0. The van der Waals surface area contributed by atoms with Gasteiger partial charge in [0.1, 0.15) is 0 Å². The fourth-order valence-corrected chi connectivity index (χ4v) is 1.32. The molecule has 1 atom stereocenters. The summed E-state index contributed by atoms with van der Waals surface area (Å²) in [7, 11) is 0. The van der Waals surface area contributed by atoms with E-state index in [1.54, 1.807) is 4.90 Å². The molecule has 0 aliphatic carbocycles. The van der Waals surface area contributed by atoms with Crippen molar-refractivity contribution in [3.8, 4) is 0 Å². The van der Waals surface area contributed by atoms with E-state index in [0.717, 1.165) is 0 Å². The molecule has 0 aromatic rings. The summed E-state index contributed by atoms with van der Waals surface area (Å²) in [4.78, 5) is 1.70. The summed E-state index contributed by atoms with van der Waals surface area (Å²) in [6.45, 7) is 4.94. The molecular weight excluding hydrogens is 226 g/mol. The van der Waals surface area contributed by atoms with E-state index in [0.29, 0.717) is 13.1 Å². The molecule has 0 bridgehead atoms. The number of aliphatic hydroxyl groups is 1. The van der Waals surface area contributed by atoms with E-state index in [1.807, 2.05) is 13.8 Å². The summed E-state index contributed by atoms with van der Waals surface area (Å²) in [5, 5.41) is 9.33. The van der Waals surface area contributed by atoms with Crippen LogP contribution in [0.15, 0.2) is 0 Å². The van der Waals surface area contributed by atoms with E-state index < -0.39 is 24.4 Å². The maximum atomic E-state index is 12.9. The highest BCUT2D eigenvalue weighted by molar-refractivity contribution is 4.83. The largest absolute Gasteiger partial charge is 0.392 e. The van der Waals surface area contributed by atoms with E-state index in [2.05, 4.69) is 0 Å². The standard InChI is InChI=1S/C10H19F4NO/c1-4-15(5-2)7-8(16)6-10(13,14)9(3,11)12/h8,16H,4-7H2,1-3H3. The average molecular weight is 245 g/mol. The minimum absolute atomic E-state index is 0.0152. The predicted octanol–water partition coefficient (Wildman–Crippen LogP) is 2.37. The molecule has 2 nitrogen and oxygen atoms in total. The number of rotatable bonds is 7. The third kappa shape index (κ3) is 4.65. The molecule has 0 spiro atoms. The molecule has 0 rings (SSSR count). The monoisotopic (exact) mass is 245 g/mol. The lowest BCUT2D eigenvalue weighted by molar-refractivity contribution is -0.211. The number of hydrogen-bond acceptors (Lipinski definition) is 2. The summed E-state index contributed by atoms with van der Waals surface area (Å²) in [6.07, 6.45) is -2.66. The van der Waals surface area contributed by atoms with Crippen molar-refractivity contribution in [3.05, 3.63) is 0 Å². The van der Waals surface area contributed by atoms with Crippen LogP contribution in [-0.2, 0) is 0 Å². The first-order valence-corrected chi connectivity index (χ1v) is 5.30. The van der Waals surface area contributed by atoms with Crippen molar-refractivity contribution in [2.75, 3.05) is 19.6 Å². The summed E-state index contributed by atoms with van der Waals surface area (Å²) < 4.78 is 50.8.